The highest BCUT2D eigenvalue weighted by Crippen LogP contribution is 2.39. The molecular formula is C24H32O6. The quantitative estimate of drug-likeness (QED) is 0.259. The topological polar surface area (TPSA) is 84.1 Å². The first-order valence-corrected chi connectivity index (χ1v) is 10.2. The van der Waals surface area contributed by atoms with Gasteiger partial charge in [-0.1, -0.05) is 49.6 Å². The van der Waals surface area contributed by atoms with E-state index in [0.29, 0.717) is 18.3 Å². The van der Waals surface area contributed by atoms with E-state index < -0.39 is 5.97 Å². The van der Waals surface area contributed by atoms with Crippen molar-refractivity contribution in [3.63, 3.8) is 0 Å². The third-order valence-corrected chi connectivity index (χ3v) is 4.85. The number of hydrogen-bond acceptors (Lipinski definition) is 6. The molecule has 3 heterocycles. The van der Waals surface area contributed by atoms with Gasteiger partial charge in [0.1, 0.15) is 12.2 Å². The van der Waals surface area contributed by atoms with Crippen molar-refractivity contribution in [3.05, 3.63) is 74.0 Å². The number of ether oxygens (including phenoxy) is 4. The molecule has 0 amide bonds. The normalized spacial score (nSPS) is 28.8. The molecule has 5 unspecified atom stereocenters. The van der Waals surface area contributed by atoms with E-state index in [-0.39, 0.29) is 12.7 Å². The zero-order valence-corrected chi connectivity index (χ0v) is 17.4. The second-order valence-corrected chi connectivity index (χ2v) is 7.20. The fraction of sp³-hybridized carbons (Fsp3) is 0.458. The summed E-state index contributed by atoms with van der Waals surface area (Å²) in [5.74, 6) is 0.267. The Morgan fingerprint density at radius 1 is 1.10 bits per heavy atom. The highest BCUT2D eigenvalue weighted by atomic mass is 16.6. The number of fused-ring (bicyclic) bond motifs is 1. The van der Waals surface area contributed by atoms with E-state index in [2.05, 4.69) is 47.4 Å². The number of carbonyl (C=O) groups is 1. The second-order valence-electron chi connectivity index (χ2n) is 7.20. The smallest absolute Gasteiger partial charge is 0.334 e. The first-order valence-electron chi connectivity index (χ1n) is 10.2. The fourth-order valence-corrected chi connectivity index (χ4v) is 2.86. The van der Waals surface area contributed by atoms with E-state index >= 15 is 0 Å². The molecule has 164 valence electrons. The number of esters is 1. The largest absolute Gasteiger partial charge is 0.432 e. The molecule has 0 spiro atoms. The molecular weight excluding hydrogens is 384 g/mol. The van der Waals surface area contributed by atoms with E-state index in [4.69, 9.17) is 14.6 Å². The summed E-state index contributed by atoms with van der Waals surface area (Å²) in [5.41, 5.74) is 1.30. The molecule has 1 saturated carbocycles. The predicted octanol–water partition coefficient (Wildman–Crippen LogP) is 3.73. The zero-order valence-electron chi connectivity index (χ0n) is 17.4. The van der Waals surface area contributed by atoms with Crippen molar-refractivity contribution < 1.29 is 28.8 Å². The van der Waals surface area contributed by atoms with Gasteiger partial charge in [0, 0.05) is 6.08 Å². The van der Waals surface area contributed by atoms with E-state index in [1.54, 1.807) is 0 Å². The van der Waals surface area contributed by atoms with Gasteiger partial charge in [0.2, 0.25) is 0 Å². The van der Waals surface area contributed by atoms with Crippen LogP contribution < -0.4 is 0 Å². The lowest BCUT2D eigenvalue weighted by molar-refractivity contribution is -0.132. The summed E-state index contributed by atoms with van der Waals surface area (Å²) in [6.07, 6.45) is 9.84. The number of hydrogen-bond donors (Lipinski definition) is 1. The molecule has 4 aliphatic rings. The van der Waals surface area contributed by atoms with Gasteiger partial charge >= 0.3 is 5.97 Å². The van der Waals surface area contributed by atoms with Crippen LogP contribution in [0.2, 0.25) is 0 Å². The third kappa shape index (κ3) is 9.98. The molecule has 1 aromatic carbocycles. The van der Waals surface area contributed by atoms with E-state index in [0.717, 1.165) is 31.5 Å². The van der Waals surface area contributed by atoms with Crippen molar-refractivity contribution in [1.82, 2.24) is 0 Å². The van der Waals surface area contributed by atoms with Crippen LogP contribution >= 0.6 is 0 Å². The first kappa shape index (κ1) is 24.0. The lowest BCUT2D eigenvalue weighted by Gasteiger charge is -2.12. The van der Waals surface area contributed by atoms with Gasteiger partial charge in [-0.25, -0.2) is 4.79 Å². The van der Waals surface area contributed by atoms with Gasteiger partial charge in [0.05, 0.1) is 38.3 Å². The Labute approximate surface area is 178 Å². The number of aliphatic hydroxyl groups is 1. The Kier molecular flexibility index (Phi) is 10.5. The van der Waals surface area contributed by atoms with Crippen LogP contribution in [0.15, 0.2) is 68.5 Å². The number of benzene rings is 1. The Morgan fingerprint density at radius 3 is 2.20 bits per heavy atom. The van der Waals surface area contributed by atoms with E-state index in [9.17, 15) is 4.79 Å². The Hall–Kier alpha value is -2.25. The van der Waals surface area contributed by atoms with Crippen molar-refractivity contribution in [3.8, 4) is 0 Å². The molecule has 4 fully saturated rings. The van der Waals surface area contributed by atoms with Crippen LogP contribution in [0, 0.1) is 5.92 Å². The summed E-state index contributed by atoms with van der Waals surface area (Å²) in [7, 11) is 0. The average molecular weight is 417 g/mol. The average Bonchev–Trinajstić information content (AvgIpc) is 3.67. The number of aliphatic hydroxyl groups excluding tert-OH is 1. The third-order valence-electron chi connectivity index (χ3n) is 4.85. The minimum Gasteiger partial charge on any atom is -0.432 e. The van der Waals surface area contributed by atoms with Gasteiger partial charge in [-0.2, -0.15) is 0 Å². The van der Waals surface area contributed by atoms with Crippen molar-refractivity contribution >= 4 is 5.97 Å². The molecule has 1 N–H and O–H groups in total. The van der Waals surface area contributed by atoms with Crippen LogP contribution in [0.4, 0.5) is 0 Å². The minimum atomic E-state index is -0.477. The van der Waals surface area contributed by atoms with Gasteiger partial charge in [0.15, 0.2) is 0 Å². The molecule has 0 bridgehead atoms. The number of rotatable bonds is 5. The molecule has 1 aromatic rings. The summed E-state index contributed by atoms with van der Waals surface area (Å²) in [6, 6.07) is 10.3. The van der Waals surface area contributed by atoms with Crippen LogP contribution in [0.3, 0.4) is 0 Å². The highest BCUT2D eigenvalue weighted by Gasteiger charge is 2.42. The maximum Gasteiger partial charge on any atom is 0.334 e. The molecule has 1 aliphatic carbocycles. The van der Waals surface area contributed by atoms with Gasteiger partial charge in [-0.05, 0) is 30.7 Å². The maximum atomic E-state index is 10.0. The minimum absolute atomic E-state index is 0.190. The van der Waals surface area contributed by atoms with Crippen molar-refractivity contribution in [2.75, 3.05) is 19.8 Å². The van der Waals surface area contributed by atoms with Crippen LogP contribution in [0.1, 0.15) is 30.9 Å². The Morgan fingerprint density at radius 2 is 1.80 bits per heavy atom. The zero-order chi connectivity index (χ0) is 21.8. The lowest BCUT2D eigenvalue weighted by Crippen LogP contribution is -2.10. The molecule has 0 aromatic heterocycles. The summed E-state index contributed by atoms with van der Waals surface area (Å²) in [6.45, 7) is 12.0. The van der Waals surface area contributed by atoms with Gasteiger partial charge < -0.3 is 24.1 Å². The summed E-state index contributed by atoms with van der Waals surface area (Å²) >= 11 is 0. The van der Waals surface area contributed by atoms with E-state index in [1.807, 2.05) is 18.2 Å². The molecule has 6 nitrogen and oxygen atoms in total. The Balaban J connectivity index is 0.000000146. The van der Waals surface area contributed by atoms with Crippen LogP contribution in [0.5, 0.6) is 0 Å². The highest BCUT2D eigenvalue weighted by molar-refractivity contribution is 5.81. The SMILES string of the molecule is C=CC1CCC2OC2C1.C=COC(=O)C=C.OCC1CO1.c1ccc(C2CO2)cc1. The van der Waals surface area contributed by atoms with Crippen molar-refractivity contribution in [1.29, 1.82) is 0 Å². The van der Waals surface area contributed by atoms with E-state index in [1.165, 1.54) is 24.8 Å². The van der Waals surface area contributed by atoms with Crippen LogP contribution in [-0.2, 0) is 23.7 Å². The monoisotopic (exact) mass is 416 g/mol. The number of allylic oxidation sites excluding steroid dienone is 1. The number of carbonyl (C=O) groups excluding carboxylic acids is 1. The lowest BCUT2D eigenvalue weighted by atomic mass is 9.90. The van der Waals surface area contributed by atoms with Gasteiger partial charge in [0.25, 0.3) is 0 Å². The predicted molar refractivity (Wildman–Crippen MR) is 115 cm³/mol. The van der Waals surface area contributed by atoms with Crippen molar-refractivity contribution in [2.24, 2.45) is 5.92 Å². The van der Waals surface area contributed by atoms with Gasteiger partial charge in [-0.3, -0.25) is 0 Å². The standard InChI is InChI=1S/C8H12O.C8H8O.C5H6O2.C3H6O2/c1-2-6-3-4-7-8(5-6)9-7;1-2-4-7(5-3-1)8-6-9-8;1-3-5(6)7-4-2;4-1-3-2-5-3/h2,6-8H,1,3-5H2;1-5,8H,6H2;3-4H,1-2H2;3-4H,1-2H2. The Bertz CT molecular complexity index is 666. The molecule has 6 heteroatoms. The van der Waals surface area contributed by atoms with Crippen molar-refractivity contribution in [2.45, 2.75) is 43.7 Å². The molecule has 5 rings (SSSR count). The molecule has 3 aliphatic heterocycles. The maximum absolute atomic E-state index is 10.0. The first-order chi connectivity index (χ1) is 14.6. The molecule has 0 radical (unpaired) electrons. The van der Waals surface area contributed by atoms with Gasteiger partial charge in [-0.15, -0.1) is 6.58 Å². The molecule has 5 atom stereocenters. The second kappa shape index (κ2) is 13.1. The van der Waals surface area contributed by atoms with Crippen LogP contribution in [-0.4, -0.2) is 49.2 Å². The molecule has 30 heavy (non-hydrogen) atoms. The molecule has 3 saturated heterocycles. The summed E-state index contributed by atoms with van der Waals surface area (Å²) in [5, 5.41) is 8.08. The fourth-order valence-electron chi connectivity index (χ4n) is 2.86. The number of epoxide rings is 3. The summed E-state index contributed by atoms with van der Waals surface area (Å²) < 4.78 is 19.3. The van der Waals surface area contributed by atoms with Crippen LogP contribution in [0.25, 0.3) is 0 Å². The summed E-state index contributed by atoms with van der Waals surface area (Å²) in [4.78, 5) is 10.0.